The van der Waals surface area contributed by atoms with Gasteiger partial charge in [0, 0.05) is 29.2 Å². The van der Waals surface area contributed by atoms with Crippen molar-refractivity contribution in [3.63, 3.8) is 0 Å². The number of carbonyl (C=O) groups is 2. The fourth-order valence-electron chi connectivity index (χ4n) is 2.63. The van der Waals surface area contributed by atoms with Crippen LogP contribution in [0, 0.1) is 0 Å². The number of halogens is 1. The fraction of sp³-hybridized carbons (Fsp3) is 0.375. The molecule has 1 unspecified atom stereocenters. The average Bonchev–Trinajstić information content (AvgIpc) is 2.80. The third kappa shape index (κ3) is 4.46. The van der Waals surface area contributed by atoms with Crippen molar-refractivity contribution in [3.05, 3.63) is 35.0 Å². The molecule has 0 radical (unpaired) electrons. The van der Waals surface area contributed by atoms with E-state index in [1.165, 1.54) is 7.11 Å². The van der Waals surface area contributed by atoms with Crippen LogP contribution in [0.4, 0.5) is 0 Å². The number of carboxylic acids is 1. The number of hydrogen-bond acceptors (Lipinski definition) is 3. The first-order valence-corrected chi connectivity index (χ1v) is 7.48. The summed E-state index contributed by atoms with van der Waals surface area (Å²) in [6, 6.07) is 5.41. The first-order valence-electron chi connectivity index (χ1n) is 7.10. The zero-order valence-corrected chi connectivity index (χ0v) is 13.7. The van der Waals surface area contributed by atoms with Crippen molar-refractivity contribution in [1.29, 1.82) is 0 Å². The maximum atomic E-state index is 12.3. The van der Waals surface area contributed by atoms with Crippen molar-refractivity contribution in [3.8, 4) is 0 Å². The number of nitrogens with one attached hydrogen (secondary N) is 2. The summed E-state index contributed by atoms with van der Waals surface area (Å²) in [5.74, 6) is -1.27. The van der Waals surface area contributed by atoms with Gasteiger partial charge < -0.3 is 20.1 Å². The summed E-state index contributed by atoms with van der Waals surface area (Å²) in [6.07, 6.45) is 1.66. The van der Waals surface area contributed by atoms with Crippen LogP contribution in [-0.2, 0) is 20.7 Å². The van der Waals surface area contributed by atoms with Gasteiger partial charge in [-0.05, 0) is 30.7 Å². The van der Waals surface area contributed by atoms with Gasteiger partial charge in [-0.3, -0.25) is 9.59 Å². The Kier molecular flexibility index (Phi) is 5.28. The zero-order valence-electron chi connectivity index (χ0n) is 13.0. The molecule has 1 aromatic heterocycles. The van der Waals surface area contributed by atoms with Crippen LogP contribution in [0.2, 0.25) is 5.02 Å². The van der Waals surface area contributed by atoms with Gasteiger partial charge in [0.25, 0.3) is 0 Å². The van der Waals surface area contributed by atoms with Crippen molar-refractivity contribution in [2.45, 2.75) is 25.3 Å². The number of carboxylic acid groups (broad SMARTS) is 1. The minimum atomic E-state index is -0.997. The number of carbonyl (C=O) groups excluding carboxylic acids is 1. The standard InChI is InChI=1S/C16H19ClN2O4/c1-16(9-23-2,7-15(21)22)19-14(20)5-10-8-18-13-4-3-11(17)6-12(10)13/h3-4,6,8,18H,5,7,9H2,1-2H3,(H,19,20)(H,21,22). The average molecular weight is 339 g/mol. The molecule has 2 aromatic rings. The van der Waals surface area contributed by atoms with Gasteiger partial charge in [0.05, 0.1) is 25.0 Å². The highest BCUT2D eigenvalue weighted by Crippen LogP contribution is 2.23. The SMILES string of the molecule is COCC(C)(CC(=O)O)NC(=O)Cc1c[nH]c2ccc(Cl)cc12. The lowest BCUT2D eigenvalue weighted by atomic mass is 9.98. The molecular weight excluding hydrogens is 320 g/mol. The Balaban J connectivity index is 2.13. The summed E-state index contributed by atoms with van der Waals surface area (Å²) >= 11 is 5.99. The molecule has 124 valence electrons. The minimum absolute atomic E-state index is 0.116. The van der Waals surface area contributed by atoms with E-state index in [2.05, 4.69) is 10.3 Å². The topological polar surface area (TPSA) is 91.4 Å². The van der Waals surface area contributed by atoms with E-state index in [-0.39, 0.29) is 25.4 Å². The molecular formula is C16H19ClN2O4. The number of methoxy groups -OCH3 is 1. The van der Waals surface area contributed by atoms with E-state index in [0.29, 0.717) is 5.02 Å². The second-order valence-corrected chi connectivity index (χ2v) is 6.23. The Hall–Kier alpha value is -2.05. The molecule has 2 rings (SSSR count). The van der Waals surface area contributed by atoms with Crippen LogP contribution in [-0.4, -0.2) is 41.2 Å². The summed E-state index contributed by atoms with van der Waals surface area (Å²) in [5.41, 5.74) is 0.735. The quantitative estimate of drug-likeness (QED) is 0.722. The summed E-state index contributed by atoms with van der Waals surface area (Å²) in [4.78, 5) is 26.4. The van der Waals surface area contributed by atoms with Gasteiger partial charge in [-0.2, -0.15) is 0 Å². The first-order chi connectivity index (χ1) is 10.8. The van der Waals surface area contributed by atoms with Crippen LogP contribution in [0.15, 0.2) is 24.4 Å². The van der Waals surface area contributed by atoms with Gasteiger partial charge in [0.2, 0.25) is 5.91 Å². The molecule has 0 saturated heterocycles. The minimum Gasteiger partial charge on any atom is -0.481 e. The zero-order chi connectivity index (χ0) is 17.0. The van der Waals surface area contributed by atoms with E-state index < -0.39 is 11.5 Å². The highest BCUT2D eigenvalue weighted by molar-refractivity contribution is 6.31. The van der Waals surface area contributed by atoms with Crippen LogP contribution in [0.5, 0.6) is 0 Å². The van der Waals surface area contributed by atoms with Crippen LogP contribution in [0.3, 0.4) is 0 Å². The molecule has 3 N–H and O–H groups in total. The molecule has 1 heterocycles. The molecule has 7 heteroatoms. The van der Waals surface area contributed by atoms with Crippen LogP contribution < -0.4 is 5.32 Å². The maximum Gasteiger partial charge on any atom is 0.305 e. The van der Waals surface area contributed by atoms with Crippen LogP contribution in [0.25, 0.3) is 10.9 Å². The summed E-state index contributed by atoms with van der Waals surface area (Å²) < 4.78 is 5.03. The molecule has 0 aliphatic rings. The number of amides is 1. The van der Waals surface area contributed by atoms with Gasteiger partial charge in [0.15, 0.2) is 0 Å². The second kappa shape index (κ2) is 7.02. The Morgan fingerprint density at radius 3 is 2.83 bits per heavy atom. The molecule has 1 atom stereocenters. The number of rotatable bonds is 7. The maximum absolute atomic E-state index is 12.3. The van der Waals surface area contributed by atoms with Crippen molar-refractivity contribution >= 4 is 34.4 Å². The van der Waals surface area contributed by atoms with Crippen LogP contribution >= 0.6 is 11.6 Å². The smallest absolute Gasteiger partial charge is 0.305 e. The van der Waals surface area contributed by atoms with Gasteiger partial charge in [-0.1, -0.05) is 11.6 Å². The van der Waals surface area contributed by atoms with E-state index >= 15 is 0 Å². The highest BCUT2D eigenvalue weighted by atomic mass is 35.5. The van der Waals surface area contributed by atoms with E-state index in [1.807, 2.05) is 6.07 Å². The number of benzene rings is 1. The molecule has 0 aliphatic heterocycles. The lowest BCUT2D eigenvalue weighted by molar-refractivity contribution is -0.139. The molecule has 0 saturated carbocycles. The Morgan fingerprint density at radius 2 is 2.17 bits per heavy atom. The highest BCUT2D eigenvalue weighted by Gasteiger charge is 2.29. The number of aromatic amines is 1. The van der Waals surface area contributed by atoms with E-state index in [1.54, 1.807) is 25.3 Å². The first kappa shape index (κ1) is 17.3. The number of aromatic nitrogens is 1. The number of fused-ring (bicyclic) bond motifs is 1. The third-order valence-electron chi connectivity index (χ3n) is 3.53. The Bertz CT molecular complexity index is 728. The van der Waals surface area contributed by atoms with E-state index in [0.717, 1.165) is 16.5 Å². The summed E-state index contributed by atoms with van der Waals surface area (Å²) in [6.45, 7) is 1.76. The molecule has 23 heavy (non-hydrogen) atoms. The summed E-state index contributed by atoms with van der Waals surface area (Å²) in [7, 11) is 1.47. The van der Waals surface area contributed by atoms with Gasteiger partial charge >= 0.3 is 5.97 Å². The molecule has 0 spiro atoms. The van der Waals surface area contributed by atoms with Gasteiger partial charge in [0.1, 0.15) is 0 Å². The number of hydrogen-bond donors (Lipinski definition) is 3. The number of aliphatic carboxylic acids is 1. The normalized spacial score (nSPS) is 13.7. The van der Waals surface area contributed by atoms with Crippen LogP contribution in [0.1, 0.15) is 18.9 Å². The lowest BCUT2D eigenvalue weighted by Crippen LogP contribution is -2.51. The lowest BCUT2D eigenvalue weighted by Gasteiger charge is -2.28. The van der Waals surface area contributed by atoms with Gasteiger partial charge in [-0.25, -0.2) is 0 Å². The molecule has 6 nitrogen and oxygen atoms in total. The van der Waals surface area contributed by atoms with Crippen molar-refractivity contribution in [2.75, 3.05) is 13.7 Å². The van der Waals surface area contributed by atoms with Gasteiger partial charge in [-0.15, -0.1) is 0 Å². The molecule has 0 bridgehead atoms. The monoisotopic (exact) mass is 338 g/mol. The third-order valence-corrected chi connectivity index (χ3v) is 3.76. The Labute approximate surface area is 138 Å². The van der Waals surface area contributed by atoms with Crippen molar-refractivity contribution < 1.29 is 19.4 Å². The number of ether oxygens (including phenoxy) is 1. The molecule has 0 fully saturated rings. The number of H-pyrrole nitrogens is 1. The molecule has 1 amide bonds. The summed E-state index contributed by atoms with van der Waals surface area (Å²) in [5, 5.41) is 13.2. The molecule has 1 aromatic carbocycles. The predicted molar refractivity (Wildman–Crippen MR) is 87.7 cm³/mol. The van der Waals surface area contributed by atoms with E-state index in [9.17, 15) is 9.59 Å². The largest absolute Gasteiger partial charge is 0.481 e. The Morgan fingerprint density at radius 1 is 1.43 bits per heavy atom. The second-order valence-electron chi connectivity index (χ2n) is 5.79. The fourth-order valence-corrected chi connectivity index (χ4v) is 2.81. The predicted octanol–water partition coefficient (Wildman–Crippen LogP) is 2.36. The van der Waals surface area contributed by atoms with Crippen molar-refractivity contribution in [2.24, 2.45) is 0 Å². The van der Waals surface area contributed by atoms with E-state index in [4.69, 9.17) is 21.4 Å². The molecule has 0 aliphatic carbocycles. The van der Waals surface area contributed by atoms with Crippen molar-refractivity contribution in [1.82, 2.24) is 10.3 Å².